The van der Waals surface area contributed by atoms with Crippen LogP contribution in [0.3, 0.4) is 0 Å². The van der Waals surface area contributed by atoms with E-state index in [0.29, 0.717) is 11.8 Å². The van der Waals surface area contributed by atoms with Gasteiger partial charge in [0.05, 0.1) is 0 Å². The summed E-state index contributed by atoms with van der Waals surface area (Å²) in [6.07, 6.45) is 2.05. The fourth-order valence-electron chi connectivity index (χ4n) is 2.65. The Morgan fingerprint density at radius 2 is 1.37 bits per heavy atom. The van der Waals surface area contributed by atoms with Crippen LogP contribution in [-0.2, 0) is 0 Å². The molecule has 0 unspecified atom stereocenters. The molecule has 0 bridgehead atoms. The second-order valence-corrected chi connectivity index (χ2v) is 7.73. The Labute approximate surface area is 174 Å². The molecule has 0 aliphatic heterocycles. The first-order valence-electron chi connectivity index (χ1n) is 8.31. The molecule has 0 spiro atoms. The van der Waals surface area contributed by atoms with Crippen molar-refractivity contribution in [3.8, 4) is 11.5 Å². The molecule has 0 N–H and O–H groups in total. The zero-order chi connectivity index (χ0) is 18.6. The van der Waals surface area contributed by atoms with E-state index in [1.54, 1.807) is 0 Å². The number of nitrogens with zero attached hydrogens (tertiary/aromatic N) is 2. The molecule has 0 aliphatic carbocycles. The van der Waals surface area contributed by atoms with Gasteiger partial charge in [-0.15, -0.1) is 10.2 Å². The SMILES string of the molecule is Brc1ccc(/C=C(/c2ccc(Br)cc2)c2nnc(-c3ccccc3)o2)cc1. The van der Waals surface area contributed by atoms with Gasteiger partial charge < -0.3 is 4.42 Å². The lowest BCUT2D eigenvalue weighted by molar-refractivity contribution is 0.554. The molecular formula is C22H14Br2N2O. The van der Waals surface area contributed by atoms with Crippen molar-refractivity contribution in [1.29, 1.82) is 0 Å². The lowest BCUT2D eigenvalue weighted by atomic mass is 10.0. The van der Waals surface area contributed by atoms with Crippen molar-refractivity contribution in [2.45, 2.75) is 0 Å². The summed E-state index contributed by atoms with van der Waals surface area (Å²) in [5.41, 5.74) is 3.83. The van der Waals surface area contributed by atoms with E-state index in [2.05, 4.69) is 48.1 Å². The van der Waals surface area contributed by atoms with Crippen LogP contribution in [0.2, 0.25) is 0 Å². The van der Waals surface area contributed by atoms with Crippen molar-refractivity contribution < 1.29 is 4.42 Å². The van der Waals surface area contributed by atoms with Gasteiger partial charge in [-0.1, -0.05) is 74.3 Å². The lowest BCUT2D eigenvalue weighted by Crippen LogP contribution is -1.89. The Hall–Kier alpha value is -2.50. The summed E-state index contributed by atoms with van der Waals surface area (Å²) in [6.45, 7) is 0. The molecule has 132 valence electrons. The van der Waals surface area contributed by atoms with Gasteiger partial charge >= 0.3 is 0 Å². The van der Waals surface area contributed by atoms with Gasteiger partial charge in [0.1, 0.15) is 0 Å². The molecule has 5 heteroatoms. The van der Waals surface area contributed by atoms with Crippen molar-refractivity contribution >= 4 is 43.5 Å². The molecule has 0 atom stereocenters. The van der Waals surface area contributed by atoms with E-state index >= 15 is 0 Å². The largest absolute Gasteiger partial charge is 0.416 e. The number of hydrogen-bond donors (Lipinski definition) is 0. The van der Waals surface area contributed by atoms with Crippen LogP contribution >= 0.6 is 31.9 Å². The molecule has 0 fully saturated rings. The predicted octanol–water partition coefficient (Wildman–Crippen LogP) is 6.85. The molecule has 0 radical (unpaired) electrons. The Morgan fingerprint density at radius 1 is 0.741 bits per heavy atom. The minimum Gasteiger partial charge on any atom is -0.416 e. The van der Waals surface area contributed by atoms with E-state index in [0.717, 1.165) is 31.2 Å². The van der Waals surface area contributed by atoms with Gasteiger partial charge in [-0.25, -0.2) is 0 Å². The first kappa shape index (κ1) is 17.9. The number of rotatable bonds is 4. The van der Waals surface area contributed by atoms with Gasteiger partial charge in [0, 0.05) is 20.1 Å². The fraction of sp³-hybridized carbons (Fsp3) is 0. The number of halogens is 2. The standard InChI is InChI=1S/C22H14Br2N2O/c23-18-10-6-15(7-11-18)14-20(16-8-12-19(24)13-9-16)22-26-25-21(27-22)17-4-2-1-3-5-17/h1-14H/b20-14-. The average Bonchev–Trinajstić information content (AvgIpc) is 3.19. The van der Waals surface area contributed by atoms with E-state index < -0.39 is 0 Å². The van der Waals surface area contributed by atoms with Gasteiger partial charge in [0.25, 0.3) is 0 Å². The highest BCUT2D eigenvalue weighted by atomic mass is 79.9. The summed E-state index contributed by atoms with van der Waals surface area (Å²) in [5, 5.41) is 8.53. The Kier molecular flexibility index (Phi) is 5.32. The normalized spacial score (nSPS) is 11.6. The van der Waals surface area contributed by atoms with Crippen molar-refractivity contribution in [3.05, 3.63) is 105 Å². The molecule has 27 heavy (non-hydrogen) atoms. The molecule has 0 saturated heterocycles. The molecule has 0 saturated carbocycles. The monoisotopic (exact) mass is 480 g/mol. The van der Waals surface area contributed by atoms with E-state index in [1.807, 2.05) is 78.9 Å². The van der Waals surface area contributed by atoms with E-state index in [4.69, 9.17) is 4.42 Å². The van der Waals surface area contributed by atoms with Crippen LogP contribution in [0.25, 0.3) is 23.1 Å². The Morgan fingerprint density at radius 3 is 2.04 bits per heavy atom. The van der Waals surface area contributed by atoms with Crippen LogP contribution in [0.1, 0.15) is 17.0 Å². The first-order valence-corrected chi connectivity index (χ1v) is 9.90. The molecule has 3 aromatic carbocycles. The van der Waals surface area contributed by atoms with Crippen molar-refractivity contribution in [1.82, 2.24) is 10.2 Å². The molecule has 1 aromatic heterocycles. The van der Waals surface area contributed by atoms with E-state index in [-0.39, 0.29) is 0 Å². The minimum atomic E-state index is 0.485. The third-order valence-corrected chi connectivity index (χ3v) is 5.07. The molecule has 4 aromatic rings. The van der Waals surface area contributed by atoms with Crippen molar-refractivity contribution in [2.24, 2.45) is 0 Å². The molecule has 3 nitrogen and oxygen atoms in total. The van der Waals surface area contributed by atoms with Crippen LogP contribution in [0.15, 0.2) is 92.2 Å². The topological polar surface area (TPSA) is 38.9 Å². The second kappa shape index (κ2) is 8.03. The third kappa shape index (κ3) is 4.26. The number of benzene rings is 3. The molecule has 4 rings (SSSR count). The number of aromatic nitrogens is 2. The van der Waals surface area contributed by atoms with E-state index in [1.165, 1.54) is 0 Å². The molecule has 1 heterocycles. The Bertz CT molecular complexity index is 1070. The maximum absolute atomic E-state index is 6.00. The summed E-state index contributed by atoms with van der Waals surface area (Å²) in [5.74, 6) is 0.989. The van der Waals surface area contributed by atoms with Gasteiger partial charge in [-0.3, -0.25) is 0 Å². The minimum absolute atomic E-state index is 0.485. The van der Waals surface area contributed by atoms with Crippen LogP contribution in [0, 0.1) is 0 Å². The molecule has 0 aliphatic rings. The quantitative estimate of drug-likeness (QED) is 0.299. The van der Waals surface area contributed by atoms with Crippen LogP contribution in [0.4, 0.5) is 0 Å². The summed E-state index contributed by atoms with van der Waals surface area (Å²) >= 11 is 6.96. The van der Waals surface area contributed by atoms with E-state index in [9.17, 15) is 0 Å². The summed E-state index contributed by atoms with van der Waals surface area (Å²) < 4.78 is 8.06. The zero-order valence-corrected chi connectivity index (χ0v) is 17.3. The smallest absolute Gasteiger partial charge is 0.248 e. The van der Waals surface area contributed by atoms with Gasteiger partial charge in [-0.2, -0.15) is 0 Å². The highest BCUT2D eigenvalue weighted by Gasteiger charge is 2.15. The fourth-order valence-corrected chi connectivity index (χ4v) is 3.18. The predicted molar refractivity (Wildman–Crippen MR) is 115 cm³/mol. The van der Waals surface area contributed by atoms with Crippen LogP contribution < -0.4 is 0 Å². The zero-order valence-electron chi connectivity index (χ0n) is 14.1. The van der Waals surface area contributed by atoms with Crippen LogP contribution in [0.5, 0.6) is 0 Å². The Balaban J connectivity index is 1.79. The number of hydrogen-bond acceptors (Lipinski definition) is 3. The molecule has 0 amide bonds. The van der Waals surface area contributed by atoms with Gasteiger partial charge in [-0.05, 0) is 53.6 Å². The lowest BCUT2D eigenvalue weighted by Gasteiger charge is -2.05. The molecular weight excluding hydrogens is 468 g/mol. The van der Waals surface area contributed by atoms with Crippen molar-refractivity contribution in [2.75, 3.05) is 0 Å². The summed E-state index contributed by atoms with van der Waals surface area (Å²) in [6, 6.07) is 25.9. The second-order valence-electron chi connectivity index (χ2n) is 5.89. The maximum atomic E-state index is 6.00. The highest BCUT2D eigenvalue weighted by molar-refractivity contribution is 9.10. The highest BCUT2D eigenvalue weighted by Crippen LogP contribution is 2.29. The summed E-state index contributed by atoms with van der Waals surface area (Å²) in [4.78, 5) is 0. The average molecular weight is 482 g/mol. The van der Waals surface area contributed by atoms with Crippen molar-refractivity contribution in [3.63, 3.8) is 0 Å². The third-order valence-electron chi connectivity index (χ3n) is 4.01. The maximum Gasteiger partial charge on any atom is 0.248 e. The van der Waals surface area contributed by atoms with Gasteiger partial charge in [0.2, 0.25) is 11.8 Å². The van der Waals surface area contributed by atoms with Gasteiger partial charge in [0.15, 0.2) is 0 Å². The summed E-state index contributed by atoms with van der Waals surface area (Å²) in [7, 11) is 0. The van der Waals surface area contributed by atoms with Crippen LogP contribution in [-0.4, -0.2) is 10.2 Å². The first-order chi connectivity index (χ1) is 13.2.